The molecule has 2 N–H and O–H groups in total. The van der Waals surface area contributed by atoms with Crippen molar-refractivity contribution >= 4 is 5.97 Å². The third-order valence-corrected chi connectivity index (χ3v) is 5.58. The van der Waals surface area contributed by atoms with Gasteiger partial charge in [0.1, 0.15) is 6.04 Å². The summed E-state index contributed by atoms with van der Waals surface area (Å²) in [5.74, 6) is -0.0825. The normalized spacial score (nSPS) is 31.9. The molecule has 0 spiro atoms. The third kappa shape index (κ3) is 3.17. The smallest absolute Gasteiger partial charge is 0.320 e. The second-order valence-electron chi connectivity index (χ2n) is 6.65. The predicted octanol–water partition coefficient (Wildman–Crippen LogP) is 2.65. The molecule has 2 rings (SSSR count). The Labute approximate surface area is 122 Å². The van der Waals surface area contributed by atoms with Gasteiger partial charge in [0.25, 0.3) is 0 Å². The zero-order valence-electron chi connectivity index (χ0n) is 12.8. The molecule has 0 aromatic carbocycles. The summed E-state index contributed by atoms with van der Waals surface area (Å²) in [4.78, 5) is 13.7. The summed E-state index contributed by atoms with van der Waals surface area (Å²) in [6, 6.07) is -0.0396. The maximum Gasteiger partial charge on any atom is 0.320 e. The summed E-state index contributed by atoms with van der Waals surface area (Å²) < 4.78 is 0. The molecule has 20 heavy (non-hydrogen) atoms. The van der Waals surface area contributed by atoms with Crippen LogP contribution in [0.1, 0.15) is 65.2 Å². The molecule has 3 atom stereocenters. The van der Waals surface area contributed by atoms with Gasteiger partial charge in [-0.3, -0.25) is 9.69 Å². The lowest BCUT2D eigenvalue weighted by molar-refractivity contribution is -0.151. The summed E-state index contributed by atoms with van der Waals surface area (Å²) in [6.07, 6.45) is 7.93. The van der Waals surface area contributed by atoms with Gasteiger partial charge in [0.05, 0.1) is 5.60 Å². The number of fused-ring (bicyclic) bond motifs is 1. The molecule has 1 saturated heterocycles. The largest absolute Gasteiger partial charge is 0.480 e. The van der Waals surface area contributed by atoms with Gasteiger partial charge >= 0.3 is 5.97 Å². The number of aliphatic carboxylic acids is 1. The molecule has 0 aromatic rings. The maximum atomic E-state index is 11.6. The highest BCUT2D eigenvalue weighted by Gasteiger charge is 2.43. The van der Waals surface area contributed by atoms with Crippen LogP contribution in [0.25, 0.3) is 0 Å². The van der Waals surface area contributed by atoms with Crippen molar-refractivity contribution in [2.45, 2.75) is 82.9 Å². The van der Waals surface area contributed by atoms with E-state index in [9.17, 15) is 15.0 Å². The quantitative estimate of drug-likeness (QED) is 0.814. The van der Waals surface area contributed by atoms with Crippen LogP contribution in [0.4, 0.5) is 0 Å². The van der Waals surface area contributed by atoms with Crippen LogP contribution in [0.15, 0.2) is 0 Å². The van der Waals surface area contributed by atoms with Crippen LogP contribution in [0, 0.1) is 5.92 Å². The van der Waals surface area contributed by atoms with Crippen LogP contribution in [-0.4, -0.2) is 45.3 Å². The highest BCUT2D eigenvalue weighted by Crippen LogP contribution is 2.39. The number of β-amino-alcohol motifs (C(OH)–C–C–N with tert-alkyl or cyclic N) is 1. The molecule has 116 valence electrons. The van der Waals surface area contributed by atoms with Crippen molar-refractivity contribution in [3.05, 3.63) is 0 Å². The first-order valence-corrected chi connectivity index (χ1v) is 8.21. The summed E-state index contributed by atoms with van der Waals surface area (Å²) in [5.41, 5.74) is -0.743. The molecular weight excluding hydrogens is 254 g/mol. The standard InChI is InChI=1S/C16H29NO3/c1-3-16(20,4-2)11-17-13-8-6-5-7-12(13)9-10-14(17)15(18)19/h12-14,20H,3-11H2,1-2H3,(H,18,19). The molecule has 2 aliphatic rings. The van der Waals surface area contributed by atoms with Gasteiger partial charge in [-0.05, 0) is 44.4 Å². The predicted molar refractivity (Wildman–Crippen MR) is 78.6 cm³/mol. The maximum absolute atomic E-state index is 11.6. The number of carboxylic acid groups (broad SMARTS) is 1. The Kier molecular flexibility index (Phi) is 5.08. The molecule has 1 heterocycles. The van der Waals surface area contributed by atoms with Crippen molar-refractivity contribution in [1.82, 2.24) is 4.90 Å². The van der Waals surface area contributed by atoms with E-state index in [-0.39, 0.29) is 0 Å². The molecule has 4 nitrogen and oxygen atoms in total. The van der Waals surface area contributed by atoms with Crippen LogP contribution >= 0.6 is 0 Å². The van der Waals surface area contributed by atoms with E-state index in [1.807, 2.05) is 13.8 Å². The van der Waals surface area contributed by atoms with Gasteiger partial charge in [-0.25, -0.2) is 0 Å². The van der Waals surface area contributed by atoms with Gasteiger partial charge in [-0.1, -0.05) is 26.7 Å². The summed E-state index contributed by atoms with van der Waals surface area (Å²) >= 11 is 0. The Morgan fingerprint density at radius 3 is 2.40 bits per heavy atom. The highest BCUT2D eigenvalue weighted by atomic mass is 16.4. The number of aliphatic hydroxyl groups is 1. The topological polar surface area (TPSA) is 60.8 Å². The van der Waals surface area contributed by atoms with Crippen molar-refractivity contribution in [3.8, 4) is 0 Å². The van der Waals surface area contributed by atoms with Gasteiger partial charge < -0.3 is 10.2 Å². The van der Waals surface area contributed by atoms with Gasteiger partial charge in [-0.15, -0.1) is 0 Å². The van der Waals surface area contributed by atoms with Crippen LogP contribution in [0.3, 0.4) is 0 Å². The van der Waals surface area contributed by atoms with Crippen LogP contribution in [0.2, 0.25) is 0 Å². The van der Waals surface area contributed by atoms with Gasteiger partial charge in [0, 0.05) is 12.6 Å². The fourth-order valence-corrected chi connectivity index (χ4v) is 4.04. The SMILES string of the molecule is CCC(O)(CC)CN1C(C(=O)O)CCC2CCCCC21. The number of nitrogens with zero attached hydrogens (tertiary/aromatic N) is 1. The summed E-state index contributed by atoms with van der Waals surface area (Å²) in [7, 11) is 0. The minimum atomic E-state index is -0.743. The van der Waals surface area contributed by atoms with Crippen LogP contribution in [-0.2, 0) is 4.79 Å². The fourth-order valence-electron chi connectivity index (χ4n) is 4.04. The van der Waals surface area contributed by atoms with Crippen molar-refractivity contribution in [2.24, 2.45) is 5.92 Å². The van der Waals surface area contributed by atoms with Crippen molar-refractivity contribution in [3.63, 3.8) is 0 Å². The fraction of sp³-hybridized carbons (Fsp3) is 0.938. The summed E-state index contributed by atoms with van der Waals surface area (Å²) in [6.45, 7) is 4.49. The molecule has 1 aliphatic carbocycles. The van der Waals surface area contributed by atoms with Gasteiger partial charge in [-0.2, -0.15) is 0 Å². The molecule has 3 unspecified atom stereocenters. The highest BCUT2D eigenvalue weighted by molar-refractivity contribution is 5.73. The zero-order chi connectivity index (χ0) is 14.8. The van der Waals surface area contributed by atoms with E-state index in [0.29, 0.717) is 31.3 Å². The lowest BCUT2D eigenvalue weighted by Gasteiger charge is -2.49. The second-order valence-corrected chi connectivity index (χ2v) is 6.65. The molecule has 1 aliphatic heterocycles. The van der Waals surface area contributed by atoms with Gasteiger partial charge in [0.2, 0.25) is 0 Å². The number of carbonyl (C=O) groups is 1. The average Bonchev–Trinajstić information content (AvgIpc) is 2.47. The van der Waals surface area contributed by atoms with E-state index in [2.05, 4.69) is 4.90 Å². The molecule has 0 radical (unpaired) electrons. The second kappa shape index (κ2) is 6.44. The Balaban J connectivity index is 2.18. The number of rotatable bonds is 5. The molecule has 0 aromatic heterocycles. The average molecular weight is 283 g/mol. The van der Waals surface area contributed by atoms with E-state index in [1.54, 1.807) is 0 Å². The molecule has 4 heteroatoms. The number of hydrogen-bond acceptors (Lipinski definition) is 3. The van der Waals surface area contributed by atoms with E-state index in [1.165, 1.54) is 19.3 Å². The van der Waals surface area contributed by atoms with E-state index in [0.717, 1.165) is 19.3 Å². The Hall–Kier alpha value is -0.610. The van der Waals surface area contributed by atoms with Crippen LogP contribution in [0.5, 0.6) is 0 Å². The minimum Gasteiger partial charge on any atom is -0.480 e. The Morgan fingerprint density at radius 1 is 1.15 bits per heavy atom. The van der Waals surface area contributed by atoms with E-state index in [4.69, 9.17) is 0 Å². The molecular formula is C16H29NO3. The number of carboxylic acids is 1. The first-order valence-electron chi connectivity index (χ1n) is 8.21. The van der Waals surface area contributed by atoms with Crippen molar-refractivity contribution in [2.75, 3.05) is 6.54 Å². The molecule has 0 amide bonds. The Morgan fingerprint density at radius 2 is 1.80 bits per heavy atom. The third-order valence-electron chi connectivity index (χ3n) is 5.58. The van der Waals surface area contributed by atoms with E-state index >= 15 is 0 Å². The number of hydrogen-bond donors (Lipinski definition) is 2. The lowest BCUT2D eigenvalue weighted by atomic mass is 9.75. The Bertz CT molecular complexity index is 341. The minimum absolute atomic E-state index is 0.364. The monoisotopic (exact) mass is 283 g/mol. The molecule has 2 fully saturated rings. The zero-order valence-corrected chi connectivity index (χ0v) is 12.8. The first kappa shape index (κ1) is 15.8. The van der Waals surface area contributed by atoms with Gasteiger partial charge in [0.15, 0.2) is 0 Å². The van der Waals surface area contributed by atoms with Crippen LogP contribution < -0.4 is 0 Å². The first-order chi connectivity index (χ1) is 9.50. The van der Waals surface area contributed by atoms with Crippen molar-refractivity contribution in [1.29, 1.82) is 0 Å². The summed E-state index contributed by atoms with van der Waals surface area (Å²) in [5, 5.41) is 20.2. The molecule has 0 bridgehead atoms. The number of likely N-dealkylation sites (tertiary alicyclic amines) is 1. The van der Waals surface area contributed by atoms with E-state index < -0.39 is 17.6 Å². The van der Waals surface area contributed by atoms with Crippen molar-refractivity contribution < 1.29 is 15.0 Å². The number of piperidine rings is 1. The lowest BCUT2D eigenvalue weighted by Crippen LogP contribution is -2.59. The molecule has 1 saturated carbocycles.